The summed E-state index contributed by atoms with van der Waals surface area (Å²) in [7, 11) is 0. The van der Waals surface area contributed by atoms with Gasteiger partial charge in [0.05, 0.1) is 0 Å². The Kier molecular flexibility index (Phi) is 4.42. The summed E-state index contributed by atoms with van der Waals surface area (Å²) in [5.74, 6) is 1.29. The Hall–Kier alpha value is 0.0600. The summed E-state index contributed by atoms with van der Waals surface area (Å²) in [6.07, 6.45) is 0. The molecule has 122 valence electrons. The maximum absolute atomic E-state index is 3.11. The number of allylic oxidation sites excluding steroid dienone is 8. The molecule has 2 unspecified atom stereocenters. The molecule has 2 aliphatic rings. The first kappa shape index (κ1) is 18.4. The molecule has 0 saturated carbocycles. The molecule has 0 aromatic rings. The van der Waals surface area contributed by atoms with Crippen molar-refractivity contribution in [1.29, 1.82) is 0 Å². The third kappa shape index (κ3) is 2.32. The molecule has 0 aromatic heterocycles. The summed E-state index contributed by atoms with van der Waals surface area (Å²) in [5.41, 5.74) is 9.56. The molecule has 0 bridgehead atoms. The molecule has 0 spiro atoms. The number of hydrogen-bond acceptors (Lipinski definition) is 0. The van der Waals surface area contributed by atoms with Crippen LogP contribution in [0.4, 0.5) is 0 Å². The van der Waals surface area contributed by atoms with Gasteiger partial charge in [-0.15, -0.1) is 0 Å². The van der Waals surface area contributed by atoms with Crippen LogP contribution < -0.4 is 0 Å². The van der Waals surface area contributed by atoms with Crippen molar-refractivity contribution in [2.45, 2.75) is 64.7 Å². The van der Waals surface area contributed by atoms with Crippen molar-refractivity contribution in [1.82, 2.24) is 0 Å². The Morgan fingerprint density at radius 2 is 0.909 bits per heavy atom. The molecular formula is C20H34SiZr. The van der Waals surface area contributed by atoms with E-state index in [9.17, 15) is 0 Å². The monoisotopic (exact) mass is 392 g/mol. The maximum atomic E-state index is 2.68. The van der Waals surface area contributed by atoms with Crippen LogP contribution in [0.3, 0.4) is 0 Å². The van der Waals surface area contributed by atoms with E-state index in [4.69, 9.17) is 0 Å². The van der Waals surface area contributed by atoms with E-state index < -0.39 is 17.4 Å². The number of rotatable bonds is 2. The first-order valence-corrected chi connectivity index (χ1v) is 22.0. The van der Waals surface area contributed by atoms with E-state index in [0.29, 0.717) is 11.8 Å². The predicted octanol–water partition coefficient (Wildman–Crippen LogP) is 5.84. The Morgan fingerprint density at radius 3 is 1.09 bits per heavy atom. The third-order valence-corrected chi connectivity index (χ3v) is 24.0. The fourth-order valence-corrected chi connectivity index (χ4v) is 27.7. The summed E-state index contributed by atoms with van der Waals surface area (Å²) < 4.78 is 9.06. The van der Waals surface area contributed by atoms with Crippen LogP contribution in [0.15, 0.2) is 40.0 Å². The van der Waals surface area contributed by atoms with E-state index in [1.54, 1.807) is 33.4 Å². The zero-order valence-electron chi connectivity index (χ0n) is 16.4. The molecule has 0 aromatic carbocycles. The molecule has 2 heteroatoms. The second-order valence-corrected chi connectivity index (χ2v) is 37.2. The van der Waals surface area contributed by atoms with Crippen molar-refractivity contribution in [2.75, 3.05) is 0 Å². The summed E-state index contributed by atoms with van der Waals surface area (Å²) in [5, 5.41) is 0. The molecule has 0 fully saturated rings. The summed E-state index contributed by atoms with van der Waals surface area (Å²) in [4.78, 5) is 0. The van der Waals surface area contributed by atoms with E-state index in [1.807, 2.05) is 6.56 Å². The third-order valence-electron chi connectivity index (χ3n) is 7.01. The molecule has 0 aliphatic heterocycles. The van der Waals surface area contributed by atoms with Crippen molar-refractivity contribution in [3.05, 3.63) is 40.0 Å². The fraction of sp³-hybridized carbons (Fsp3) is 0.600. The number of hydrogen-bond donors (Lipinski definition) is 0. The zero-order chi connectivity index (χ0) is 17.2. The van der Waals surface area contributed by atoms with Crippen molar-refractivity contribution in [3.8, 4) is 0 Å². The van der Waals surface area contributed by atoms with E-state index in [0.717, 1.165) is 0 Å². The van der Waals surface area contributed by atoms with Gasteiger partial charge in [0.25, 0.3) is 0 Å². The quantitative estimate of drug-likeness (QED) is 0.517. The van der Waals surface area contributed by atoms with Gasteiger partial charge in [0.2, 0.25) is 0 Å². The van der Waals surface area contributed by atoms with Crippen LogP contribution >= 0.6 is 0 Å². The molecule has 2 atom stereocenters. The van der Waals surface area contributed by atoms with E-state index in [1.165, 1.54) is 0 Å². The van der Waals surface area contributed by atoms with Crippen LogP contribution in [0.25, 0.3) is 0 Å². The summed E-state index contributed by atoms with van der Waals surface area (Å²) >= 11 is -3.11. The fourth-order valence-electron chi connectivity index (χ4n) is 5.46. The van der Waals surface area contributed by atoms with Gasteiger partial charge >= 0.3 is 141 Å². The average Bonchev–Trinajstić information content (AvgIpc) is 2.71. The standard InChI is InChI=1S/2C9H13.2CH3.H2Si.Zr/c2*1-6-5-7(2)9(4)8(6)3;;;;/h2*6H,1-4H3;2*1H3;1H2;. The second-order valence-electron chi connectivity index (χ2n) is 8.82. The Bertz CT molecular complexity index is 689. The van der Waals surface area contributed by atoms with Crippen LogP contribution in [0, 0.1) is 11.8 Å². The molecule has 0 amide bonds. The van der Waals surface area contributed by atoms with Crippen molar-refractivity contribution < 1.29 is 17.4 Å². The van der Waals surface area contributed by atoms with Crippen molar-refractivity contribution in [2.24, 2.45) is 11.8 Å². The zero-order valence-corrected chi connectivity index (χ0v) is 20.2. The molecule has 0 heterocycles. The molecule has 0 radical (unpaired) electrons. The van der Waals surface area contributed by atoms with Gasteiger partial charge in [-0.05, 0) is 0 Å². The molecule has 22 heavy (non-hydrogen) atoms. The normalized spacial score (nSPS) is 27.8. The Labute approximate surface area is 140 Å². The minimum absolute atomic E-state index is 0.645. The first-order valence-electron chi connectivity index (χ1n) is 8.66. The molecular weight excluding hydrogens is 360 g/mol. The van der Waals surface area contributed by atoms with Crippen LogP contribution in [0.5, 0.6) is 0 Å². The van der Waals surface area contributed by atoms with E-state index in [-0.39, 0.29) is 0 Å². The topological polar surface area (TPSA) is 0 Å². The van der Waals surface area contributed by atoms with E-state index in [2.05, 4.69) is 71.5 Å². The van der Waals surface area contributed by atoms with Crippen LogP contribution in [-0.2, 0) is 17.4 Å². The Balaban J connectivity index is 2.74. The second kappa shape index (κ2) is 5.28. The molecule has 2 aliphatic carbocycles. The summed E-state index contributed by atoms with van der Waals surface area (Å²) in [6, 6.07) is 0. The van der Waals surface area contributed by atoms with Crippen molar-refractivity contribution >= 4 is 6.88 Å². The molecule has 0 saturated heterocycles. The van der Waals surface area contributed by atoms with Gasteiger partial charge in [0, 0.05) is 0 Å². The Morgan fingerprint density at radius 1 is 0.636 bits per heavy atom. The van der Waals surface area contributed by atoms with Crippen LogP contribution in [0.2, 0.25) is 9.26 Å². The SMILES string of the molecule is CC1=C(C)C(C)[C]([Zr]([CH3])([CH3])(=[SiH2])[C]2=C(C)C(C)=C(C)C2C)=C1C. The van der Waals surface area contributed by atoms with Gasteiger partial charge in [0.15, 0.2) is 0 Å². The van der Waals surface area contributed by atoms with E-state index >= 15 is 0 Å². The van der Waals surface area contributed by atoms with Gasteiger partial charge in [-0.3, -0.25) is 0 Å². The molecule has 2 rings (SSSR count). The predicted molar refractivity (Wildman–Crippen MR) is 101 cm³/mol. The van der Waals surface area contributed by atoms with Crippen LogP contribution in [-0.4, -0.2) is 6.88 Å². The molecule has 0 nitrogen and oxygen atoms in total. The minimum atomic E-state index is -3.11. The van der Waals surface area contributed by atoms with Gasteiger partial charge < -0.3 is 0 Å². The van der Waals surface area contributed by atoms with Gasteiger partial charge in [-0.2, -0.15) is 0 Å². The van der Waals surface area contributed by atoms with Crippen molar-refractivity contribution in [3.63, 3.8) is 0 Å². The van der Waals surface area contributed by atoms with Gasteiger partial charge in [-0.25, -0.2) is 0 Å². The van der Waals surface area contributed by atoms with Gasteiger partial charge in [0.1, 0.15) is 0 Å². The molecule has 0 N–H and O–H groups in total. The van der Waals surface area contributed by atoms with Crippen LogP contribution in [0.1, 0.15) is 55.4 Å². The first-order chi connectivity index (χ1) is 9.81. The summed E-state index contributed by atoms with van der Waals surface area (Å²) in [6.45, 7) is 21.4. The van der Waals surface area contributed by atoms with Gasteiger partial charge in [-0.1, -0.05) is 0 Å². The average molecular weight is 394 g/mol.